The van der Waals surface area contributed by atoms with Gasteiger partial charge in [-0.05, 0) is 247 Å². The lowest BCUT2D eigenvalue weighted by Crippen LogP contribution is -2.49. The van der Waals surface area contributed by atoms with Crippen molar-refractivity contribution >= 4 is 101 Å². The Morgan fingerprint density at radius 1 is 0.289 bits per heavy atom. The first-order valence-corrected chi connectivity index (χ1v) is 44.6. The zero-order valence-electron chi connectivity index (χ0n) is 72.5. The summed E-state index contributed by atoms with van der Waals surface area (Å²) in [6.45, 7) is 4.07. The van der Waals surface area contributed by atoms with Gasteiger partial charge in [-0.3, -0.25) is 48.4 Å². The molecular weight excluding hydrogens is 1700 g/mol. The molecule has 23 rings (SSSR count). The van der Waals surface area contributed by atoms with Crippen molar-refractivity contribution in [3.8, 4) is 80.5 Å². The molecule has 0 aliphatic carbocycles. The summed E-state index contributed by atoms with van der Waals surface area (Å²) in [5.41, 5.74) is 5.25. The van der Waals surface area contributed by atoms with E-state index >= 15 is 28.8 Å². The largest absolute Gasteiger partial charge is 0.467 e. The Kier molecular flexibility index (Phi) is 21.2. The van der Waals surface area contributed by atoms with E-state index in [0.29, 0.717) is 109 Å². The third-order valence-electron chi connectivity index (χ3n) is 24.8. The summed E-state index contributed by atoms with van der Waals surface area (Å²) in [6, 6.07) is 95.9. The van der Waals surface area contributed by atoms with Gasteiger partial charge in [0.25, 0.3) is 35.4 Å². The smallest absolute Gasteiger partial charge is 0.262 e. The summed E-state index contributed by atoms with van der Waals surface area (Å²) in [4.78, 5) is 107. The molecule has 0 bridgehead atoms. The van der Waals surface area contributed by atoms with E-state index in [1.807, 2.05) is 116 Å². The predicted octanol–water partition coefficient (Wildman–Crippen LogP) is 25.3. The van der Waals surface area contributed by atoms with Crippen LogP contribution >= 0.6 is 0 Å². The molecule has 7 heterocycles. The molecule has 5 atom stereocenters. The molecule has 18 aromatic rings. The van der Waals surface area contributed by atoms with E-state index in [0.717, 1.165) is 32.1 Å². The van der Waals surface area contributed by atoms with Crippen molar-refractivity contribution in [2.45, 2.75) is 63.0 Å². The fourth-order valence-corrected chi connectivity index (χ4v) is 18.3. The average Bonchev–Trinajstić information content (AvgIpc) is 1.36. The fourth-order valence-electron chi connectivity index (χ4n) is 18.3. The van der Waals surface area contributed by atoms with Crippen LogP contribution in [0.1, 0.15) is 94.2 Å². The first-order chi connectivity index (χ1) is 66.3. The molecule has 3 saturated heterocycles. The van der Waals surface area contributed by atoms with Gasteiger partial charge in [0.05, 0.1) is 72.9 Å². The molecule has 0 N–H and O–H groups in total. The molecule has 135 heavy (non-hydrogen) atoms. The van der Waals surface area contributed by atoms with Crippen molar-refractivity contribution in [3.63, 3.8) is 0 Å². The first kappa shape index (κ1) is 82.5. The van der Waals surface area contributed by atoms with Crippen LogP contribution in [0.4, 0.5) is 22.7 Å². The average molecular weight is 1780 g/mol. The van der Waals surface area contributed by atoms with E-state index in [1.165, 1.54) is 34.5 Å². The van der Waals surface area contributed by atoms with Crippen LogP contribution in [0.15, 0.2) is 361 Å². The highest BCUT2D eigenvalue weighted by Gasteiger charge is 2.50. The van der Waals surface area contributed by atoms with Crippen LogP contribution in [0.25, 0.3) is 43.1 Å². The topological polar surface area (TPSA) is 244 Å². The van der Waals surface area contributed by atoms with Gasteiger partial charge in [-0.15, -0.1) is 0 Å². The Bertz CT molecular complexity index is 7260. The van der Waals surface area contributed by atoms with Gasteiger partial charge in [-0.1, -0.05) is 128 Å². The summed E-state index contributed by atoms with van der Waals surface area (Å²) >= 11 is 0. The third-order valence-corrected chi connectivity index (χ3v) is 24.8. The minimum atomic E-state index is -1.83. The number of aryl methyl sites for hydroxylation is 1. The van der Waals surface area contributed by atoms with E-state index in [4.69, 9.17) is 56.2 Å². The lowest BCUT2D eigenvalue weighted by Gasteiger charge is -2.37. The van der Waals surface area contributed by atoms with E-state index in [2.05, 4.69) is 0 Å². The van der Waals surface area contributed by atoms with E-state index in [-0.39, 0.29) is 135 Å². The van der Waals surface area contributed by atoms with Crippen LogP contribution in [0, 0.1) is 0 Å². The van der Waals surface area contributed by atoms with Crippen LogP contribution in [0.5, 0.6) is 80.5 Å². The number of carbonyl (C=O) groups excluding carboxylic acids is 6. The van der Waals surface area contributed by atoms with Gasteiger partial charge in [0.2, 0.25) is 0 Å². The number of amides is 6. The number of fused-ring (bicyclic) bond motifs is 2. The molecule has 16 aromatic carbocycles. The van der Waals surface area contributed by atoms with Crippen LogP contribution in [-0.2, 0) is 49.5 Å². The molecule has 3 fully saturated rings. The Hall–Kier alpha value is -16.9. The number of carbonyl (C=O) groups is 6. The number of nitrogens with zero attached hydrogens (tertiary/aromatic N) is 4. The Morgan fingerprint density at radius 3 is 0.807 bits per heavy atom. The van der Waals surface area contributed by atoms with Crippen molar-refractivity contribution in [2.75, 3.05) is 29.6 Å². The van der Waals surface area contributed by atoms with E-state index in [1.54, 1.807) is 218 Å². The number of hydrogen-bond acceptors (Lipinski definition) is 18. The SMILES string of the molecule is CCc1ccc(Oc2cc3c4c(cc(Oc5ccc(Oc6cccc(CC7CO7)c6)cc5)c5c6c(Oc7ccc(Oc8cccc(CC9CO9)c8)cc7)cc7c8c(cc(Oc9ccc(Oc%10cccc(CC%11CO%11)c%10)cc9)c(c2c45)c86)C(=O)N(C(C(=O)N(c2ccccc2)c2ccccc2)c2ccco2)C7=O)C(=O)N(C(C(=O)N(c2ccccc2)c2ccccc2)c2ccco2)C3=O)cc1. The maximum Gasteiger partial charge on any atom is 0.262 e. The highest BCUT2D eigenvalue weighted by Crippen LogP contribution is 2.60. The second-order valence-corrected chi connectivity index (χ2v) is 33.7. The fraction of sp³-hybridized carbons (Fsp3) is 0.115. The third kappa shape index (κ3) is 16.1. The van der Waals surface area contributed by atoms with Crippen LogP contribution in [-0.4, -0.2) is 83.4 Å². The molecule has 0 spiro atoms. The van der Waals surface area contributed by atoms with Gasteiger partial charge >= 0.3 is 0 Å². The Morgan fingerprint density at radius 2 is 0.556 bits per heavy atom. The molecule has 2 aromatic heterocycles. The highest BCUT2D eigenvalue weighted by molar-refractivity contribution is 6.45. The summed E-state index contributed by atoms with van der Waals surface area (Å²) in [7, 11) is 0. The number of para-hydroxylation sites is 4. The van der Waals surface area contributed by atoms with Gasteiger partial charge in [0.1, 0.15) is 92.0 Å². The quantitative estimate of drug-likeness (QED) is 0.0170. The van der Waals surface area contributed by atoms with Gasteiger partial charge < -0.3 is 56.2 Å². The van der Waals surface area contributed by atoms with Crippen molar-refractivity contribution in [1.29, 1.82) is 0 Å². The summed E-state index contributed by atoms with van der Waals surface area (Å²) in [5.74, 6) is -1.49. The molecular formula is C113H80N4O18. The lowest BCUT2D eigenvalue weighted by molar-refractivity contribution is -0.123. The van der Waals surface area contributed by atoms with Gasteiger partial charge in [0, 0.05) is 85.1 Å². The maximum atomic E-state index is 17.3. The molecule has 22 nitrogen and oxygen atoms in total. The second-order valence-electron chi connectivity index (χ2n) is 33.7. The van der Waals surface area contributed by atoms with E-state index < -0.39 is 47.5 Å². The number of anilines is 4. The molecule has 0 radical (unpaired) electrons. The predicted molar refractivity (Wildman–Crippen MR) is 507 cm³/mol. The number of hydrogen-bond donors (Lipinski definition) is 0. The number of ether oxygens (including phenoxy) is 10. The Balaban J connectivity index is 0.800. The number of benzene rings is 16. The minimum absolute atomic E-state index is 0.0135. The van der Waals surface area contributed by atoms with Crippen molar-refractivity contribution in [3.05, 3.63) is 408 Å². The molecule has 660 valence electrons. The zero-order chi connectivity index (χ0) is 90.9. The van der Waals surface area contributed by atoms with Crippen LogP contribution in [0.2, 0.25) is 0 Å². The van der Waals surface area contributed by atoms with Crippen molar-refractivity contribution in [2.24, 2.45) is 0 Å². The monoisotopic (exact) mass is 1780 g/mol. The number of rotatable bonds is 31. The van der Waals surface area contributed by atoms with Crippen molar-refractivity contribution < 1.29 is 85.0 Å². The molecule has 5 aliphatic rings. The van der Waals surface area contributed by atoms with Crippen molar-refractivity contribution in [1.82, 2.24) is 9.80 Å². The van der Waals surface area contributed by atoms with Crippen LogP contribution < -0.4 is 43.0 Å². The summed E-state index contributed by atoms with van der Waals surface area (Å²) < 4.78 is 79.1. The maximum absolute atomic E-state index is 17.3. The first-order valence-electron chi connectivity index (χ1n) is 44.6. The molecule has 0 saturated carbocycles. The molecule has 22 heteroatoms. The van der Waals surface area contributed by atoms with Crippen LogP contribution in [0.3, 0.4) is 0 Å². The molecule has 5 aliphatic heterocycles. The lowest BCUT2D eigenvalue weighted by atomic mass is 9.80. The number of epoxide rings is 3. The highest BCUT2D eigenvalue weighted by atomic mass is 16.6. The second kappa shape index (κ2) is 34.7. The molecule has 5 unspecified atom stereocenters. The minimum Gasteiger partial charge on any atom is -0.467 e. The number of imide groups is 2. The Labute approximate surface area is 773 Å². The number of furan rings is 2. The van der Waals surface area contributed by atoms with E-state index in [9.17, 15) is 0 Å². The standard InChI is InChI=1S/C113H80N4O18/c1-2-67-36-38-78(39-37-67)132-94-60-88-98-89(109(119)116(108(88)118)106(92-34-18-52-124-92)112(122)114(71-23-7-3-8-24-71)72-25-9-4-10-26-72)62-96(134-80-48-42-76(43-49-80)130-83-32-16-21-69(55-83)58-86-65-127-86)102-103-97(135-81-50-44-77(45-51-81)131-84-33-17-22-70(56-84)59-87-66-128-87)63-91-99-90(110(120)117(111(91)121)107(93-35-19-53-125-93)113(123)115(73-27-11-5-12-28-73)74-29-13-6-14-30-74)61-95(101(105(99)103)100(94)104(98)102)133-79-46-40-75(41-47-79)129-82-31-15-20-68(54-82)57-85-64-126-85/h3-56,60-63,85-87,106-107H,2,57-59,64-66H2,1H3. The normalized spacial score (nSPS) is 15.6. The molecule has 6 amide bonds. The summed E-state index contributed by atoms with van der Waals surface area (Å²) in [5, 5.41) is 1.13. The van der Waals surface area contributed by atoms with Gasteiger partial charge in [0.15, 0.2) is 12.1 Å². The zero-order valence-corrected chi connectivity index (χ0v) is 72.5. The summed E-state index contributed by atoms with van der Waals surface area (Å²) in [6.07, 6.45) is 5.94. The van der Waals surface area contributed by atoms with Gasteiger partial charge in [-0.25, -0.2) is 0 Å². The van der Waals surface area contributed by atoms with Gasteiger partial charge in [-0.2, -0.15) is 0 Å².